The van der Waals surface area contributed by atoms with Gasteiger partial charge >= 0.3 is 6.09 Å². The molecule has 3 N–H and O–H groups in total. The van der Waals surface area contributed by atoms with Crippen LogP contribution in [0.25, 0.3) is 0 Å². The van der Waals surface area contributed by atoms with Crippen LogP contribution in [0.15, 0.2) is 23.5 Å². The molecule has 1 amide bonds. The summed E-state index contributed by atoms with van der Waals surface area (Å²) < 4.78 is 7.25. The molecule has 0 aliphatic rings. The number of carbonyl (C=O) groups excluding carboxylic acids is 1. The molecule has 0 aliphatic carbocycles. The summed E-state index contributed by atoms with van der Waals surface area (Å²) in [6, 6.07) is 2.01. The molecule has 0 bridgehead atoms. The Hall–Kier alpha value is -1.52. The van der Waals surface area contributed by atoms with Crippen LogP contribution in [-0.2, 0) is 11.3 Å². The van der Waals surface area contributed by atoms with Crippen LogP contribution in [0.1, 0.15) is 53.9 Å². The van der Waals surface area contributed by atoms with E-state index in [1.807, 2.05) is 37.7 Å². The fraction of sp³-hybridized carbons (Fsp3) is 0.750. The predicted molar refractivity (Wildman–Crippen MR) is 129 cm³/mol. The molecule has 0 aliphatic heterocycles. The highest BCUT2D eigenvalue weighted by Gasteiger charge is 2.18. The zero-order valence-electron chi connectivity index (χ0n) is 18.7. The van der Waals surface area contributed by atoms with Crippen LogP contribution >= 0.6 is 24.0 Å². The first kappa shape index (κ1) is 27.5. The second-order valence-electron chi connectivity index (χ2n) is 8.15. The Balaban J connectivity index is 0.00000784. The van der Waals surface area contributed by atoms with Crippen LogP contribution in [-0.4, -0.2) is 53.6 Å². The second kappa shape index (κ2) is 14.5. The first-order valence-electron chi connectivity index (χ1n) is 10.1. The maximum absolute atomic E-state index is 11.9. The van der Waals surface area contributed by atoms with E-state index in [0.29, 0.717) is 12.5 Å². The summed E-state index contributed by atoms with van der Waals surface area (Å²) in [7, 11) is 1.76. The summed E-state index contributed by atoms with van der Waals surface area (Å²) in [6.45, 7) is 12.0. The molecule has 0 saturated carbocycles. The van der Waals surface area contributed by atoms with Crippen molar-refractivity contribution in [3.63, 3.8) is 0 Å². The van der Waals surface area contributed by atoms with Crippen molar-refractivity contribution >= 4 is 36.0 Å². The van der Waals surface area contributed by atoms with Gasteiger partial charge < -0.3 is 20.7 Å². The molecule has 1 rings (SSSR count). The Labute approximate surface area is 192 Å². The average molecular weight is 522 g/mol. The normalized spacial score (nSPS) is 13.8. The van der Waals surface area contributed by atoms with Crippen molar-refractivity contribution in [1.29, 1.82) is 0 Å². The largest absolute Gasteiger partial charge is 0.444 e. The Kier molecular flexibility index (Phi) is 13.7. The third kappa shape index (κ3) is 13.3. The summed E-state index contributed by atoms with van der Waals surface area (Å²) in [5, 5.41) is 13.9. The van der Waals surface area contributed by atoms with Gasteiger partial charge in [-0.25, -0.2) is 4.79 Å². The van der Waals surface area contributed by atoms with E-state index in [1.54, 1.807) is 13.2 Å². The van der Waals surface area contributed by atoms with Crippen molar-refractivity contribution in [1.82, 2.24) is 25.7 Å². The lowest BCUT2D eigenvalue weighted by Crippen LogP contribution is -2.49. The van der Waals surface area contributed by atoms with E-state index in [9.17, 15) is 4.79 Å². The summed E-state index contributed by atoms with van der Waals surface area (Å²) in [4.78, 5) is 16.3. The standard InChI is InChI=1S/C20H38N6O2.HI/c1-7-8-10-17(14-23-19(27)28-20(3,4)5)25-18(21-6)22-13-16(2)15-26-12-9-11-24-26;/h9,11-12,16-17H,7-8,10,13-15H2,1-6H3,(H,23,27)(H2,21,22,25);1H. The lowest BCUT2D eigenvalue weighted by Gasteiger charge is -2.24. The van der Waals surface area contributed by atoms with E-state index in [-0.39, 0.29) is 30.0 Å². The second-order valence-corrected chi connectivity index (χ2v) is 8.15. The van der Waals surface area contributed by atoms with Gasteiger partial charge in [0.1, 0.15) is 5.60 Å². The molecule has 0 radical (unpaired) electrons. The van der Waals surface area contributed by atoms with Gasteiger partial charge in [0.2, 0.25) is 0 Å². The highest BCUT2D eigenvalue weighted by Crippen LogP contribution is 2.07. The molecule has 1 aromatic heterocycles. The monoisotopic (exact) mass is 522 g/mol. The van der Waals surface area contributed by atoms with Gasteiger partial charge in [0.05, 0.1) is 0 Å². The van der Waals surface area contributed by atoms with Crippen LogP contribution < -0.4 is 16.0 Å². The Morgan fingerprint density at radius 3 is 2.55 bits per heavy atom. The first-order chi connectivity index (χ1) is 13.2. The van der Waals surface area contributed by atoms with Crippen LogP contribution in [0.4, 0.5) is 4.79 Å². The maximum atomic E-state index is 11.9. The summed E-state index contributed by atoms with van der Waals surface area (Å²) in [5.41, 5.74) is -0.501. The lowest BCUT2D eigenvalue weighted by molar-refractivity contribution is 0.0523. The summed E-state index contributed by atoms with van der Waals surface area (Å²) >= 11 is 0. The van der Waals surface area contributed by atoms with Crippen LogP contribution in [0.3, 0.4) is 0 Å². The number of aromatic nitrogens is 2. The van der Waals surface area contributed by atoms with E-state index < -0.39 is 11.7 Å². The van der Waals surface area contributed by atoms with Crippen LogP contribution in [0, 0.1) is 5.92 Å². The topological polar surface area (TPSA) is 92.6 Å². The summed E-state index contributed by atoms with van der Waals surface area (Å²) in [6.07, 6.45) is 6.46. The highest BCUT2D eigenvalue weighted by atomic mass is 127. The molecule has 2 atom stereocenters. The molecule has 2 unspecified atom stereocenters. The molecule has 0 saturated heterocycles. The van der Waals surface area contributed by atoms with E-state index in [1.165, 1.54) is 0 Å². The van der Waals surface area contributed by atoms with Crippen molar-refractivity contribution in [3.05, 3.63) is 18.5 Å². The molecule has 8 nitrogen and oxygen atoms in total. The molecule has 29 heavy (non-hydrogen) atoms. The number of nitrogens with one attached hydrogen (secondary N) is 3. The molecule has 9 heteroatoms. The van der Waals surface area contributed by atoms with Crippen molar-refractivity contribution in [3.8, 4) is 0 Å². The number of rotatable bonds is 10. The molecule has 1 aromatic rings. The minimum absolute atomic E-state index is 0. The minimum atomic E-state index is -0.501. The number of hydrogen-bond acceptors (Lipinski definition) is 4. The third-order valence-corrected chi connectivity index (χ3v) is 4.04. The number of guanidine groups is 1. The van der Waals surface area contributed by atoms with Crippen molar-refractivity contribution < 1.29 is 9.53 Å². The predicted octanol–water partition coefficient (Wildman–Crippen LogP) is 3.39. The van der Waals surface area contributed by atoms with E-state index in [2.05, 4.69) is 39.9 Å². The van der Waals surface area contributed by atoms with Gasteiger partial charge in [-0.3, -0.25) is 9.67 Å². The number of amides is 1. The van der Waals surface area contributed by atoms with Crippen molar-refractivity contribution in [2.75, 3.05) is 20.1 Å². The molecular weight excluding hydrogens is 483 g/mol. The molecule has 0 spiro atoms. The SMILES string of the molecule is CCCCC(CNC(=O)OC(C)(C)C)NC(=NC)NCC(C)Cn1cccn1.I. The average Bonchev–Trinajstić information content (AvgIpc) is 3.11. The Morgan fingerprint density at radius 2 is 2.00 bits per heavy atom. The van der Waals surface area contributed by atoms with Crippen molar-refractivity contribution in [2.45, 2.75) is 72.1 Å². The number of halogens is 1. The van der Waals surface area contributed by atoms with Crippen LogP contribution in [0.2, 0.25) is 0 Å². The number of carbonyl (C=O) groups is 1. The van der Waals surface area contributed by atoms with E-state index >= 15 is 0 Å². The number of alkyl carbamates (subject to hydrolysis) is 1. The number of unbranched alkanes of at least 4 members (excludes halogenated alkanes) is 1. The molecular formula is C20H39IN6O2. The van der Waals surface area contributed by atoms with Crippen LogP contribution in [0.5, 0.6) is 0 Å². The van der Waals surface area contributed by atoms with Gasteiger partial charge in [0.15, 0.2) is 5.96 Å². The highest BCUT2D eigenvalue weighted by molar-refractivity contribution is 14.0. The first-order valence-corrected chi connectivity index (χ1v) is 10.1. The zero-order valence-corrected chi connectivity index (χ0v) is 21.0. The molecule has 0 aromatic carbocycles. The summed E-state index contributed by atoms with van der Waals surface area (Å²) in [5.74, 6) is 1.13. The van der Waals surface area contributed by atoms with E-state index in [0.717, 1.165) is 38.3 Å². The Bertz CT molecular complexity index is 586. The molecule has 1 heterocycles. The van der Waals surface area contributed by atoms with Crippen molar-refractivity contribution in [2.24, 2.45) is 10.9 Å². The number of hydrogen-bond donors (Lipinski definition) is 3. The molecule has 0 fully saturated rings. The fourth-order valence-corrected chi connectivity index (χ4v) is 2.65. The number of ether oxygens (including phenoxy) is 1. The quantitative estimate of drug-likeness (QED) is 0.249. The fourth-order valence-electron chi connectivity index (χ4n) is 2.65. The minimum Gasteiger partial charge on any atom is -0.444 e. The van der Waals surface area contributed by atoms with Gasteiger partial charge in [0, 0.05) is 45.1 Å². The zero-order chi connectivity index (χ0) is 21.0. The van der Waals surface area contributed by atoms with Gasteiger partial charge in [-0.2, -0.15) is 5.10 Å². The number of aliphatic imine (C=N–C) groups is 1. The van der Waals surface area contributed by atoms with Gasteiger partial charge in [-0.1, -0.05) is 26.7 Å². The number of nitrogens with zero attached hydrogens (tertiary/aromatic N) is 3. The van der Waals surface area contributed by atoms with E-state index in [4.69, 9.17) is 4.74 Å². The Morgan fingerprint density at radius 1 is 1.28 bits per heavy atom. The third-order valence-electron chi connectivity index (χ3n) is 4.04. The smallest absolute Gasteiger partial charge is 0.407 e. The maximum Gasteiger partial charge on any atom is 0.407 e. The van der Waals surface area contributed by atoms with Gasteiger partial charge in [-0.05, 0) is 39.2 Å². The lowest BCUT2D eigenvalue weighted by atomic mass is 10.1. The van der Waals surface area contributed by atoms with Gasteiger partial charge in [0.25, 0.3) is 0 Å². The molecule has 168 valence electrons. The van der Waals surface area contributed by atoms with Gasteiger partial charge in [-0.15, -0.1) is 24.0 Å².